The van der Waals surface area contributed by atoms with Crippen LogP contribution in [0.5, 0.6) is 0 Å². The normalized spacial score (nSPS) is 22.2. The van der Waals surface area contributed by atoms with Crippen LogP contribution in [0.25, 0.3) is 0 Å². The van der Waals surface area contributed by atoms with E-state index in [0.717, 1.165) is 45.3 Å². The summed E-state index contributed by atoms with van der Waals surface area (Å²) in [5, 5.41) is 0. The zero-order valence-electron chi connectivity index (χ0n) is 15.9. The van der Waals surface area contributed by atoms with E-state index in [-0.39, 0.29) is 17.6 Å². The van der Waals surface area contributed by atoms with Gasteiger partial charge in [-0.1, -0.05) is 30.3 Å². The maximum Gasteiger partial charge on any atom is 0.326 e. The summed E-state index contributed by atoms with van der Waals surface area (Å²) in [5.41, 5.74) is 0.250. The summed E-state index contributed by atoms with van der Waals surface area (Å²) in [4.78, 5) is 44.9. The minimum atomic E-state index is -0.640. The molecular weight excluding hydrogens is 356 g/mol. The molecule has 0 spiro atoms. The second-order valence-electron chi connectivity index (χ2n) is 7.90. The molecule has 1 aromatic carbocycles. The van der Waals surface area contributed by atoms with Crippen LogP contribution < -0.4 is 11.2 Å². The summed E-state index contributed by atoms with van der Waals surface area (Å²) < 4.78 is 0. The monoisotopic (exact) mass is 382 g/mol. The maximum atomic E-state index is 12.9. The first-order valence-electron chi connectivity index (χ1n) is 9.99. The van der Waals surface area contributed by atoms with Gasteiger partial charge in [-0.3, -0.25) is 14.6 Å². The minimum absolute atomic E-state index is 0.0805. The quantitative estimate of drug-likeness (QED) is 0.814. The van der Waals surface area contributed by atoms with Crippen molar-refractivity contribution in [3.63, 3.8) is 0 Å². The van der Waals surface area contributed by atoms with Crippen LogP contribution in [0.1, 0.15) is 35.3 Å². The lowest BCUT2D eigenvalue weighted by Crippen LogP contribution is -2.48. The number of aromatic nitrogens is 2. The summed E-state index contributed by atoms with van der Waals surface area (Å²) in [6.07, 6.45) is 4.25. The molecule has 4 heterocycles. The molecule has 3 aliphatic rings. The van der Waals surface area contributed by atoms with Crippen molar-refractivity contribution in [3.8, 4) is 0 Å². The Bertz CT molecular complexity index is 908. The van der Waals surface area contributed by atoms with Gasteiger partial charge in [0, 0.05) is 31.7 Å². The highest BCUT2D eigenvalue weighted by Gasteiger charge is 2.37. The van der Waals surface area contributed by atoms with Crippen molar-refractivity contribution in [2.75, 3.05) is 26.2 Å². The lowest BCUT2D eigenvalue weighted by Gasteiger charge is -2.36. The molecule has 2 atom stereocenters. The summed E-state index contributed by atoms with van der Waals surface area (Å²) >= 11 is 0. The molecule has 28 heavy (non-hydrogen) atoms. The van der Waals surface area contributed by atoms with E-state index in [2.05, 4.69) is 39.1 Å². The molecule has 1 amide bonds. The van der Waals surface area contributed by atoms with E-state index in [1.165, 1.54) is 11.6 Å². The van der Waals surface area contributed by atoms with Gasteiger partial charge in [-0.05, 0) is 43.7 Å². The molecule has 2 aromatic rings. The second-order valence-corrected chi connectivity index (χ2v) is 7.90. The number of nitrogens with zero attached hydrogens (tertiary/aromatic N) is 2. The molecule has 0 unspecified atom stereocenters. The minimum Gasteiger partial charge on any atom is -0.333 e. The SMILES string of the molecule is O=C(c1cc(=O)[nH]c(=O)[nH]1)N1C[C@H]2CC[C@@H]1CN(CCCc1ccccc1)C2. The van der Waals surface area contributed by atoms with E-state index in [9.17, 15) is 14.4 Å². The molecule has 7 nitrogen and oxygen atoms in total. The first-order chi connectivity index (χ1) is 13.6. The lowest BCUT2D eigenvalue weighted by atomic mass is 9.94. The molecule has 5 rings (SSSR count). The Kier molecular flexibility index (Phi) is 5.43. The number of nitrogens with one attached hydrogen (secondary N) is 2. The first-order valence-corrected chi connectivity index (χ1v) is 9.99. The van der Waals surface area contributed by atoms with Crippen molar-refractivity contribution in [2.45, 2.75) is 31.7 Å². The number of hydrogen-bond donors (Lipinski definition) is 2. The molecule has 0 radical (unpaired) electrons. The van der Waals surface area contributed by atoms with Gasteiger partial charge in [0.15, 0.2) is 0 Å². The van der Waals surface area contributed by atoms with Crippen LogP contribution in [0, 0.1) is 5.92 Å². The number of aryl methyl sites for hydroxylation is 1. The highest BCUT2D eigenvalue weighted by Crippen LogP contribution is 2.29. The van der Waals surface area contributed by atoms with Crippen molar-refractivity contribution in [2.24, 2.45) is 5.92 Å². The molecule has 1 aromatic heterocycles. The average molecular weight is 382 g/mol. The number of rotatable bonds is 5. The van der Waals surface area contributed by atoms with Crippen LogP contribution in [0.4, 0.5) is 0 Å². The summed E-state index contributed by atoms with van der Waals surface area (Å²) in [7, 11) is 0. The predicted molar refractivity (Wildman–Crippen MR) is 106 cm³/mol. The molecule has 2 bridgehead atoms. The van der Waals surface area contributed by atoms with Crippen molar-refractivity contribution < 1.29 is 4.79 Å². The van der Waals surface area contributed by atoms with Crippen LogP contribution in [0.2, 0.25) is 0 Å². The molecule has 0 aliphatic carbocycles. The van der Waals surface area contributed by atoms with E-state index in [4.69, 9.17) is 0 Å². The van der Waals surface area contributed by atoms with Crippen molar-refractivity contribution in [3.05, 3.63) is 68.5 Å². The van der Waals surface area contributed by atoms with Crippen LogP contribution in [-0.4, -0.2) is 57.9 Å². The number of H-pyrrole nitrogens is 2. The number of piperidine rings is 1. The molecule has 7 heteroatoms. The highest BCUT2D eigenvalue weighted by molar-refractivity contribution is 5.92. The lowest BCUT2D eigenvalue weighted by molar-refractivity contribution is 0.0578. The number of benzene rings is 1. The number of carbonyl (C=O) groups excluding carboxylic acids is 1. The number of amides is 1. The third-order valence-corrected chi connectivity index (χ3v) is 5.82. The van der Waals surface area contributed by atoms with Gasteiger partial charge in [0.1, 0.15) is 5.69 Å². The molecular formula is C21H26N4O3. The number of fused-ring (bicyclic) bond motifs is 4. The fourth-order valence-corrected chi connectivity index (χ4v) is 4.50. The van der Waals surface area contributed by atoms with Crippen molar-refractivity contribution in [1.29, 1.82) is 0 Å². The Morgan fingerprint density at radius 1 is 1.04 bits per heavy atom. The van der Waals surface area contributed by atoms with Gasteiger partial charge in [-0.25, -0.2) is 4.79 Å². The Balaban J connectivity index is 1.41. The Labute approximate surface area is 163 Å². The maximum absolute atomic E-state index is 12.9. The topological polar surface area (TPSA) is 89.3 Å². The molecule has 0 saturated carbocycles. The summed E-state index contributed by atoms with van der Waals surface area (Å²) in [6.45, 7) is 3.56. The number of aromatic amines is 2. The van der Waals surface area contributed by atoms with Gasteiger partial charge in [0.2, 0.25) is 0 Å². The predicted octanol–water partition coefficient (Wildman–Crippen LogP) is 1.23. The van der Waals surface area contributed by atoms with E-state index < -0.39 is 11.2 Å². The standard InChI is InChI=1S/C21H26N4O3/c26-19-11-18(22-21(28)23-19)20(27)25-13-16-8-9-17(25)14-24(12-16)10-4-7-15-5-2-1-3-6-15/h1-3,5-6,11,16-17H,4,7-10,12-14H2,(H2,22,23,26,28)/t16-,17+/m0/s1. The smallest absolute Gasteiger partial charge is 0.326 e. The van der Waals surface area contributed by atoms with Gasteiger partial charge in [-0.15, -0.1) is 0 Å². The van der Waals surface area contributed by atoms with Gasteiger partial charge >= 0.3 is 5.69 Å². The highest BCUT2D eigenvalue weighted by atomic mass is 16.2. The Hall–Kier alpha value is -2.67. The fraction of sp³-hybridized carbons (Fsp3) is 0.476. The Morgan fingerprint density at radius 2 is 1.86 bits per heavy atom. The van der Waals surface area contributed by atoms with Crippen molar-refractivity contribution in [1.82, 2.24) is 19.8 Å². The second kappa shape index (κ2) is 8.14. The Morgan fingerprint density at radius 3 is 2.64 bits per heavy atom. The molecule has 3 aliphatic heterocycles. The summed E-state index contributed by atoms with van der Waals surface area (Å²) in [5.74, 6) is 0.192. The van der Waals surface area contributed by atoms with E-state index >= 15 is 0 Å². The zero-order chi connectivity index (χ0) is 19.5. The van der Waals surface area contributed by atoms with E-state index in [1.807, 2.05) is 11.0 Å². The van der Waals surface area contributed by atoms with Crippen LogP contribution in [0.15, 0.2) is 46.0 Å². The summed E-state index contributed by atoms with van der Waals surface area (Å²) in [6, 6.07) is 11.8. The van der Waals surface area contributed by atoms with Gasteiger partial charge in [0.25, 0.3) is 11.5 Å². The van der Waals surface area contributed by atoms with Gasteiger partial charge in [0.05, 0.1) is 0 Å². The van der Waals surface area contributed by atoms with Crippen LogP contribution in [0.3, 0.4) is 0 Å². The van der Waals surface area contributed by atoms with E-state index in [0.29, 0.717) is 12.5 Å². The first kappa shape index (κ1) is 18.7. The number of carbonyl (C=O) groups is 1. The molecule has 2 N–H and O–H groups in total. The number of hydrogen-bond acceptors (Lipinski definition) is 4. The third-order valence-electron chi connectivity index (χ3n) is 5.82. The van der Waals surface area contributed by atoms with Gasteiger partial charge < -0.3 is 14.8 Å². The molecule has 3 saturated heterocycles. The van der Waals surface area contributed by atoms with Crippen LogP contribution >= 0.6 is 0 Å². The van der Waals surface area contributed by atoms with Gasteiger partial charge in [-0.2, -0.15) is 0 Å². The molecule has 148 valence electrons. The molecule has 3 fully saturated rings. The van der Waals surface area contributed by atoms with Crippen LogP contribution in [-0.2, 0) is 6.42 Å². The zero-order valence-corrected chi connectivity index (χ0v) is 15.9. The average Bonchev–Trinajstić information content (AvgIpc) is 2.98. The largest absolute Gasteiger partial charge is 0.333 e. The third kappa shape index (κ3) is 4.25. The van der Waals surface area contributed by atoms with Crippen molar-refractivity contribution >= 4 is 5.91 Å². The van der Waals surface area contributed by atoms with E-state index in [1.54, 1.807) is 0 Å². The fourth-order valence-electron chi connectivity index (χ4n) is 4.50.